The van der Waals surface area contributed by atoms with Crippen molar-refractivity contribution in [1.82, 2.24) is 5.32 Å². The molecular weight excluding hydrogens is 282 g/mol. The molecule has 0 heterocycles. The van der Waals surface area contributed by atoms with Crippen molar-refractivity contribution in [2.45, 2.75) is 45.1 Å². The minimum absolute atomic E-state index is 0.128. The number of carbonyl (C=O) groups excluding carboxylic acids is 1. The molecule has 1 aromatic carbocycles. The zero-order chi connectivity index (χ0) is 15.5. The van der Waals surface area contributed by atoms with Crippen LogP contribution >= 0.6 is 11.8 Å². The van der Waals surface area contributed by atoms with Crippen LogP contribution in [0.25, 0.3) is 0 Å². The average molecular weight is 309 g/mol. The second-order valence-corrected chi connectivity index (χ2v) is 6.58. The summed E-state index contributed by atoms with van der Waals surface area (Å²) in [5.74, 6) is 0.907. The summed E-state index contributed by atoms with van der Waals surface area (Å²) in [4.78, 5) is 12.7. The number of hydrogen-bond acceptors (Lipinski definition) is 4. The molecule has 1 aromatic rings. The highest BCUT2D eigenvalue weighted by atomic mass is 32.2. The van der Waals surface area contributed by atoms with Gasteiger partial charge in [0.2, 0.25) is 0 Å². The van der Waals surface area contributed by atoms with Crippen LogP contribution in [0.1, 0.15) is 39.2 Å². The molecule has 0 radical (unpaired) electrons. The number of carbonyl (C=O) groups is 1. The van der Waals surface area contributed by atoms with E-state index in [2.05, 4.69) is 38.2 Å². The quantitative estimate of drug-likeness (QED) is 0.404. The second-order valence-electron chi connectivity index (χ2n) is 5.53. The van der Waals surface area contributed by atoms with E-state index in [0.29, 0.717) is 18.3 Å². The average Bonchev–Trinajstić information content (AvgIpc) is 2.45. The standard InChI is InChI=1S/C17H27NO2S/c1-4-5-9-20-17(19)13-21-16-8-6-7-15(10-16)12-18-11-14(2)3/h6-8,10,14,18H,4-5,9,11-13H2,1-3H3. The monoisotopic (exact) mass is 309 g/mol. The Morgan fingerprint density at radius 2 is 2.19 bits per heavy atom. The van der Waals surface area contributed by atoms with E-state index in [0.717, 1.165) is 30.8 Å². The lowest BCUT2D eigenvalue weighted by Crippen LogP contribution is -2.18. The summed E-state index contributed by atoms with van der Waals surface area (Å²) in [6.07, 6.45) is 1.99. The molecule has 0 saturated carbocycles. The number of benzene rings is 1. The lowest BCUT2D eigenvalue weighted by atomic mass is 10.2. The van der Waals surface area contributed by atoms with E-state index in [4.69, 9.17) is 4.74 Å². The molecule has 0 aliphatic heterocycles. The number of unbranched alkanes of at least 4 members (excludes halogenated alkanes) is 1. The van der Waals surface area contributed by atoms with E-state index in [1.807, 2.05) is 12.1 Å². The van der Waals surface area contributed by atoms with Crippen molar-refractivity contribution in [3.8, 4) is 0 Å². The summed E-state index contributed by atoms with van der Waals surface area (Å²) in [7, 11) is 0. The van der Waals surface area contributed by atoms with Crippen LogP contribution in [0, 0.1) is 5.92 Å². The molecule has 21 heavy (non-hydrogen) atoms. The lowest BCUT2D eigenvalue weighted by Gasteiger charge is -2.09. The maximum absolute atomic E-state index is 11.6. The highest BCUT2D eigenvalue weighted by molar-refractivity contribution is 8.00. The van der Waals surface area contributed by atoms with Gasteiger partial charge < -0.3 is 10.1 Å². The van der Waals surface area contributed by atoms with Crippen LogP contribution in [0.15, 0.2) is 29.2 Å². The smallest absolute Gasteiger partial charge is 0.316 e. The summed E-state index contributed by atoms with van der Waals surface area (Å²) >= 11 is 1.54. The third-order valence-electron chi connectivity index (χ3n) is 2.90. The van der Waals surface area contributed by atoms with E-state index in [-0.39, 0.29) is 5.97 Å². The molecule has 0 bridgehead atoms. The summed E-state index contributed by atoms with van der Waals surface area (Å²) in [5, 5.41) is 3.43. The third kappa shape index (κ3) is 8.79. The first-order valence-corrected chi connectivity index (χ1v) is 8.68. The Labute approximate surface area is 132 Å². The van der Waals surface area contributed by atoms with Crippen LogP contribution in [-0.2, 0) is 16.1 Å². The van der Waals surface area contributed by atoms with Gasteiger partial charge in [-0.15, -0.1) is 11.8 Å². The highest BCUT2D eigenvalue weighted by Crippen LogP contribution is 2.19. The Morgan fingerprint density at radius 3 is 2.90 bits per heavy atom. The zero-order valence-electron chi connectivity index (χ0n) is 13.4. The predicted molar refractivity (Wildman–Crippen MR) is 89.6 cm³/mol. The van der Waals surface area contributed by atoms with Crippen LogP contribution in [0.4, 0.5) is 0 Å². The van der Waals surface area contributed by atoms with Crippen molar-refractivity contribution >= 4 is 17.7 Å². The van der Waals surface area contributed by atoms with Gasteiger partial charge in [-0.05, 0) is 36.6 Å². The molecule has 0 aliphatic carbocycles. The molecule has 0 atom stereocenters. The van der Waals surface area contributed by atoms with Crippen molar-refractivity contribution in [1.29, 1.82) is 0 Å². The van der Waals surface area contributed by atoms with Crippen molar-refractivity contribution < 1.29 is 9.53 Å². The molecule has 3 nitrogen and oxygen atoms in total. The first-order valence-electron chi connectivity index (χ1n) is 7.70. The minimum Gasteiger partial charge on any atom is -0.465 e. The third-order valence-corrected chi connectivity index (χ3v) is 3.87. The van der Waals surface area contributed by atoms with Crippen molar-refractivity contribution in [3.05, 3.63) is 29.8 Å². The van der Waals surface area contributed by atoms with Crippen LogP contribution in [0.2, 0.25) is 0 Å². The molecule has 1 rings (SSSR count). The van der Waals surface area contributed by atoms with Gasteiger partial charge in [-0.1, -0.05) is 39.3 Å². The van der Waals surface area contributed by atoms with Gasteiger partial charge in [-0.2, -0.15) is 0 Å². The molecule has 1 N–H and O–H groups in total. The molecule has 118 valence electrons. The van der Waals surface area contributed by atoms with Crippen LogP contribution in [0.5, 0.6) is 0 Å². The molecule has 0 fully saturated rings. The Bertz CT molecular complexity index is 421. The molecule has 0 aliphatic rings. The zero-order valence-corrected chi connectivity index (χ0v) is 14.2. The topological polar surface area (TPSA) is 38.3 Å². The number of hydrogen-bond donors (Lipinski definition) is 1. The van der Waals surface area contributed by atoms with Crippen molar-refractivity contribution in [2.75, 3.05) is 18.9 Å². The predicted octanol–water partition coefficient (Wildman–Crippen LogP) is 3.87. The van der Waals surface area contributed by atoms with Gasteiger partial charge in [-0.25, -0.2) is 0 Å². The first-order chi connectivity index (χ1) is 10.1. The van der Waals surface area contributed by atoms with Gasteiger partial charge in [0.05, 0.1) is 12.4 Å². The number of ether oxygens (including phenoxy) is 1. The van der Waals surface area contributed by atoms with E-state index in [1.54, 1.807) is 0 Å². The molecule has 4 heteroatoms. The van der Waals surface area contributed by atoms with Crippen LogP contribution in [0.3, 0.4) is 0 Å². The summed E-state index contributed by atoms with van der Waals surface area (Å²) in [6, 6.07) is 8.32. The van der Waals surface area contributed by atoms with Crippen LogP contribution in [-0.4, -0.2) is 24.9 Å². The number of esters is 1. The fourth-order valence-electron chi connectivity index (χ4n) is 1.76. The molecular formula is C17H27NO2S. The molecule has 0 unspecified atom stereocenters. The SMILES string of the molecule is CCCCOC(=O)CSc1cccc(CNCC(C)C)c1. The highest BCUT2D eigenvalue weighted by Gasteiger charge is 2.04. The van der Waals surface area contributed by atoms with Crippen LogP contribution < -0.4 is 5.32 Å². The Hall–Kier alpha value is -1.00. The summed E-state index contributed by atoms with van der Waals surface area (Å²) in [5.41, 5.74) is 1.25. The maximum atomic E-state index is 11.6. The number of thioether (sulfide) groups is 1. The van der Waals surface area contributed by atoms with E-state index >= 15 is 0 Å². The van der Waals surface area contributed by atoms with Gasteiger partial charge in [-0.3, -0.25) is 4.79 Å². The maximum Gasteiger partial charge on any atom is 0.316 e. The number of nitrogens with one attached hydrogen (secondary N) is 1. The fraction of sp³-hybridized carbons (Fsp3) is 0.588. The van der Waals surface area contributed by atoms with Gasteiger partial charge >= 0.3 is 5.97 Å². The van der Waals surface area contributed by atoms with Crippen molar-refractivity contribution in [2.24, 2.45) is 5.92 Å². The Morgan fingerprint density at radius 1 is 1.38 bits per heavy atom. The van der Waals surface area contributed by atoms with Gasteiger partial charge in [0.25, 0.3) is 0 Å². The molecule has 0 spiro atoms. The summed E-state index contributed by atoms with van der Waals surface area (Å²) in [6.45, 7) is 8.90. The van der Waals surface area contributed by atoms with E-state index in [1.165, 1.54) is 17.3 Å². The summed E-state index contributed by atoms with van der Waals surface area (Å²) < 4.78 is 5.15. The number of rotatable bonds is 10. The van der Waals surface area contributed by atoms with Gasteiger partial charge in [0.1, 0.15) is 0 Å². The Balaban J connectivity index is 2.33. The Kier molecular flexibility index (Phi) is 9.19. The van der Waals surface area contributed by atoms with E-state index < -0.39 is 0 Å². The molecule has 0 aromatic heterocycles. The molecule has 0 amide bonds. The molecule has 0 saturated heterocycles. The first kappa shape index (κ1) is 18.1. The van der Waals surface area contributed by atoms with E-state index in [9.17, 15) is 4.79 Å². The van der Waals surface area contributed by atoms with Gasteiger partial charge in [0.15, 0.2) is 0 Å². The van der Waals surface area contributed by atoms with Gasteiger partial charge in [0, 0.05) is 11.4 Å². The van der Waals surface area contributed by atoms with Crippen molar-refractivity contribution in [3.63, 3.8) is 0 Å². The minimum atomic E-state index is -0.128. The lowest BCUT2D eigenvalue weighted by molar-refractivity contribution is -0.140. The fourth-order valence-corrected chi connectivity index (χ4v) is 2.54. The normalized spacial score (nSPS) is 10.9. The second kappa shape index (κ2) is 10.7. The largest absolute Gasteiger partial charge is 0.465 e.